The van der Waals surface area contributed by atoms with Gasteiger partial charge in [0.25, 0.3) is 0 Å². The highest BCUT2D eigenvalue weighted by Gasteiger charge is 2.33. The number of carboxylic acids is 2. The van der Waals surface area contributed by atoms with Crippen molar-refractivity contribution in [3.63, 3.8) is 0 Å². The maximum atomic E-state index is 10.4. The molecule has 1 saturated carbocycles. The second-order valence-corrected chi connectivity index (χ2v) is 3.91. The van der Waals surface area contributed by atoms with E-state index in [2.05, 4.69) is 0 Å². The summed E-state index contributed by atoms with van der Waals surface area (Å²) in [4.78, 5) is 20.9. The number of hydrogen-bond donors (Lipinski definition) is 2. The molecule has 0 spiro atoms. The van der Waals surface area contributed by atoms with E-state index in [1.165, 1.54) is 0 Å². The third kappa shape index (κ3) is 2.41. The maximum absolute atomic E-state index is 10.4. The van der Waals surface area contributed by atoms with Gasteiger partial charge in [-0.15, -0.1) is 0 Å². The van der Waals surface area contributed by atoms with Crippen molar-refractivity contribution >= 4 is 11.9 Å². The average Bonchev–Trinajstić information content (AvgIpc) is 2.83. The van der Waals surface area contributed by atoms with Gasteiger partial charge in [0.05, 0.1) is 0 Å². The van der Waals surface area contributed by atoms with Crippen LogP contribution < -0.4 is 0 Å². The van der Waals surface area contributed by atoms with Crippen LogP contribution in [0.25, 0.3) is 0 Å². The number of carbonyl (C=O) groups is 2. The van der Waals surface area contributed by atoms with E-state index in [1.807, 2.05) is 0 Å². The van der Waals surface area contributed by atoms with Crippen LogP contribution in [-0.2, 0) is 19.1 Å². The first-order valence-corrected chi connectivity index (χ1v) is 5.21. The zero-order valence-electron chi connectivity index (χ0n) is 9.06. The first-order valence-electron chi connectivity index (χ1n) is 5.21. The van der Waals surface area contributed by atoms with Gasteiger partial charge in [-0.1, -0.05) is 0 Å². The highest BCUT2D eigenvalue weighted by atomic mass is 16.6. The molecule has 0 atom stereocenters. The Bertz CT molecular complexity index is 391. The van der Waals surface area contributed by atoms with Crippen LogP contribution in [-0.4, -0.2) is 35.4 Å². The second-order valence-electron chi connectivity index (χ2n) is 3.91. The number of allylic oxidation sites excluding steroid dienone is 2. The molecule has 2 rings (SSSR count). The van der Waals surface area contributed by atoms with Crippen molar-refractivity contribution in [2.45, 2.75) is 19.3 Å². The van der Waals surface area contributed by atoms with Gasteiger partial charge in [-0.2, -0.15) is 0 Å². The van der Waals surface area contributed by atoms with E-state index < -0.39 is 25.2 Å². The normalized spacial score (nSPS) is 17.6. The molecule has 6 nitrogen and oxygen atoms in total. The Morgan fingerprint density at radius 1 is 0.941 bits per heavy atom. The lowest BCUT2D eigenvalue weighted by atomic mass is 10.1. The van der Waals surface area contributed by atoms with Gasteiger partial charge in [0.2, 0.25) is 0 Å². The molecule has 2 bridgehead atoms. The fraction of sp³-hybridized carbons (Fsp3) is 0.455. The monoisotopic (exact) mass is 240 g/mol. The fourth-order valence-corrected chi connectivity index (χ4v) is 2.05. The van der Waals surface area contributed by atoms with Crippen LogP contribution in [0, 0.1) is 0 Å². The number of hydrogen-bond acceptors (Lipinski definition) is 4. The number of rotatable bonds is 6. The predicted octanol–water partition coefficient (Wildman–Crippen LogP) is 0.894. The largest absolute Gasteiger partial charge is 0.479 e. The van der Waals surface area contributed by atoms with Gasteiger partial charge in [0.1, 0.15) is 0 Å². The minimum atomic E-state index is -1.07. The summed E-state index contributed by atoms with van der Waals surface area (Å²) in [5, 5.41) is 17.1. The van der Waals surface area contributed by atoms with Gasteiger partial charge in [-0.25, -0.2) is 9.59 Å². The topological polar surface area (TPSA) is 93.1 Å². The Morgan fingerprint density at radius 3 is 1.71 bits per heavy atom. The Labute approximate surface area is 97.1 Å². The molecule has 0 radical (unpaired) electrons. The quantitative estimate of drug-likeness (QED) is 0.716. The summed E-state index contributed by atoms with van der Waals surface area (Å²) in [5.74, 6) is -1.28. The molecule has 0 unspecified atom stereocenters. The lowest BCUT2D eigenvalue weighted by Crippen LogP contribution is -2.13. The van der Waals surface area contributed by atoms with Gasteiger partial charge < -0.3 is 19.7 Å². The van der Waals surface area contributed by atoms with Crippen molar-refractivity contribution in [2.75, 3.05) is 13.2 Å². The number of aliphatic carboxylic acids is 2. The summed E-state index contributed by atoms with van der Waals surface area (Å²) in [6.45, 7) is -0.877. The number of carboxylic acid groups (broad SMARTS) is 2. The highest BCUT2D eigenvalue weighted by molar-refractivity contribution is 5.69. The predicted molar refractivity (Wildman–Crippen MR) is 55.1 cm³/mol. The summed E-state index contributed by atoms with van der Waals surface area (Å²) in [6.07, 6.45) is 2.39. The van der Waals surface area contributed by atoms with Crippen molar-refractivity contribution in [1.29, 1.82) is 0 Å². The van der Waals surface area contributed by atoms with Crippen LogP contribution in [0.15, 0.2) is 22.7 Å². The summed E-state index contributed by atoms with van der Waals surface area (Å²) in [5.41, 5.74) is 2.00. The Hall–Kier alpha value is -1.98. The van der Waals surface area contributed by atoms with Crippen molar-refractivity contribution < 1.29 is 29.3 Å². The molecule has 0 amide bonds. The summed E-state index contributed by atoms with van der Waals surface area (Å²) < 4.78 is 10.3. The SMILES string of the molecule is O=C(O)COC1=C2CCC(=C1OCC(=O)O)C2. The molecule has 0 saturated heterocycles. The van der Waals surface area contributed by atoms with E-state index >= 15 is 0 Å². The Kier molecular flexibility index (Phi) is 3.03. The van der Waals surface area contributed by atoms with Crippen LogP contribution in [0.1, 0.15) is 19.3 Å². The Balaban J connectivity index is 2.05. The van der Waals surface area contributed by atoms with E-state index in [1.54, 1.807) is 0 Å². The molecule has 0 aromatic rings. The zero-order chi connectivity index (χ0) is 12.4. The molecule has 92 valence electrons. The summed E-state index contributed by atoms with van der Waals surface area (Å²) in [6, 6.07) is 0. The van der Waals surface area contributed by atoms with E-state index in [0.29, 0.717) is 17.9 Å². The van der Waals surface area contributed by atoms with Crippen LogP contribution in [0.5, 0.6) is 0 Å². The van der Waals surface area contributed by atoms with Gasteiger partial charge >= 0.3 is 11.9 Å². The molecule has 6 heteroatoms. The fourth-order valence-electron chi connectivity index (χ4n) is 2.05. The third-order valence-electron chi connectivity index (χ3n) is 2.68. The molecule has 2 N–H and O–H groups in total. The van der Waals surface area contributed by atoms with Crippen molar-refractivity contribution in [3.8, 4) is 0 Å². The molecule has 17 heavy (non-hydrogen) atoms. The van der Waals surface area contributed by atoms with Crippen LogP contribution in [0.4, 0.5) is 0 Å². The number of fused-ring (bicyclic) bond motifs is 2. The first kappa shape index (κ1) is 11.5. The van der Waals surface area contributed by atoms with Crippen LogP contribution >= 0.6 is 0 Å². The van der Waals surface area contributed by atoms with E-state index in [4.69, 9.17) is 19.7 Å². The maximum Gasteiger partial charge on any atom is 0.341 e. The molecule has 0 aromatic carbocycles. The van der Waals surface area contributed by atoms with Crippen molar-refractivity contribution in [2.24, 2.45) is 0 Å². The molecule has 0 heterocycles. The molecule has 1 fully saturated rings. The van der Waals surface area contributed by atoms with Crippen molar-refractivity contribution in [3.05, 3.63) is 22.7 Å². The number of ether oxygens (including phenoxy) is 2. The Morgan fingerprint density at radius 2 is 1.35 bits per heavy atom. The molecule has 0 aliphatic heterocycles. The lowest BCUT2D eigenvalue weighted by molar-refractivity contribution is -0.143. The molecule has 2 aliphatic carbocycles. The summed E-state index contributed by atoms with van der Waals surface area (Å²) in [7, 11) is 0. The third-order valence-corrected chi connectivity index (χ3v) is 2.68. The van der Waals surface area contributed by atoms with Gasteiger partial charge in [0.15, 0.2) is 24.7 Å². The van der Waals surface area contributed by atoms with Crippen LogP contribution in [0.2, 0.25) is 0 Å². The highest BCUT2D eigenvalue weighted by Crippen LogP contribution is 2.44. The molecule has 0 aromatic heterocycles. The van der Waals surface area contributed by atoms with Crippen molar-refractivity contribution in [1.82, 2.24) is 0 Å². The van der Waals surface area contributed by atoms with Crippen LogP contribution in [0.3, 0.4) is 0 Å². The van der Waals surface area contributed by atoms with E-state index in [0.717, 1.165) is 24.0 Å². The first-order chi connectivity index (χ1) is 8.08. The zero-order valence-corrected chi connectivity index (χ0v) is 9.06. The average molecular weight is 240 g/mol. The molecular formula is C11H12O6. The second kappa shape index (κ2) is 4.48. The lowest BCUT2D eigenvalue weighted by Gasteiger charge is -2.15. The molecule has 2 aliphatic rings. The van der Waals surface area contributed by atoms with Gasteiger partial charge in [0, 0.05) is 0 Å². The van der Waals surface area contributed by atoms with Gasteiger partial charge in [-0.05, 0) is 30.4 Å². The minimum absolute atomic E-state index is 0.426. The molecular weight excluding hydrogens is 228 g/mol. The van der Waals surface area contributed by atoms with E-state index in [9.17, 15) is 9.59 Å². The smallest absolute Gasteiger partial charge is 0.341 e. The minimum Gasteiger partial charge on any atom is -0.479 e. The standard InChI is InChI=1S/C11H12O6/c12-8(13)4-16-10-6-1-2-7(3-6)11(10)17-5-9(14)15/h1-5H2,(H,12,13)(H,14,15). The van der Waals surface area contributed by atoms with E-state index in [-0.39, 0.29) is 0 Å². The van der Waals surface area contributed by atoms with Gasteiger partial charge in [-0.3, -0.25) is 0 Å². The summed E-state index contributed by atoms with van der Waals surface area (Å²) >= 11 is 0.